The van der Waals surface area contributed by atoms with Crippen LogP contribution in [-0.2, 0) is 0 Å². The Balaban J connectivity index is 2.46. The minimum atomic E-state index is 0.635. The van der Waals surface area contributed by atoms with Crippen LogP contribution in [0.2, 0.25) is 0 Å². The van der Waals surface area contributed by atoms with Crippen LogP contribution in [0.15, 0.2) is 11.2 Å². The number of hydrazine groups is 1. The van der Waals surface area contributed by atoms with Gasteiger partial charge in [0.2, 0.25) is 0 Å². The molecule has 1 rings (SSSR count). The minimum absolute atomic E-state index is 0.635. The van der Waals surface area contributed by atoms with Crippen molar-refractivity contribution in [2.45, 2.75) is 18.0 Å². The molecule has 0 amide bonds. The summed E-state index contributed by atoms with van der Waals surface area (Å²) in [6.45, 7) is 0.926. The zero-order valence-corrected chi connectivity index (χ0v) is 11.8. The summed E-state index contributed by atoms with van der Waals surface area (Å²) in [5.41, 5.74) is 2.55. The molecule has 5 nitrogen and oxygen atoms in total. The molecule has 0 bridgehead atoms. The van der Waals surface area contributed by atoms with Crippen molar-refractivity contribution in [1.82, 2.24) is 9.97 Å². The molecule has 0 fully saturated rings. The molecule has 1 aromatic rings. The summed E-state index contributed by atoms with van der Waals surface area (Å²) in [6, 6.07) is 1.81. The highest BCUT2D eigenvalue weighted by molar-refractivity contribution is 7.98. The van der Waals surface area contributed by atoms with Crippen LogP contribution in [0.5, 0.6) is 0 Å². The number of thioether (sulfide) groups is 2. The smallest absolute Gasteiger partial charge is 0.191 e. The first-order chi connectivity index (χ1) is 8.30. The van der Waals surface area contributed by atoms with E-state index >= 15 is 0 Å². The molecule has 1 heterocycles. The highest BCUT2D eigenvalue weighted by Gasteiger charge is 2.02. The maximum absolute atomic E-state index is 5.36. The van der Waals surface area contributed by atoms with Crippen molar-refractivity contribution >= 4 is 35.2 Å². The Kier molecular flexibility index (Phi) is 7.14. The van der Waals surface area contributed by atoms with Crippen LogP contribution in [0.1, 0.15) is 12.8 Å². The van der Waals surface area contributed by atoms with Gasteiger partial charge in [-0.3, -0.25) is 0 Å². The van der Waals surface area contributed by atoms with E-state index in [1.807, 2.05) is 24.1 Å². The molecule has 0 aromatic carbocycles. The largest absolute Gasteiger partial charge is 0.370 e. The zero-order valence-electron chi connectivity index (χ0n) is 10.2. The van der Waals surface area contributed by atoms with Crippen LogP contribution in [-0.4, -0.2) is 34.8 Å². The first-order valence-electron chi connectivity index (χ1n) is 5.42. The van der Waals surface area contributed by atoms with E-state index in [2.05, 4.69) is 27.0 Å². The fraction of sp³-hybridized carbons (Fsp3) is 0.600. The van der Waals surface area contributed by atoms with E-state index in [0.29, 0.717) is 11.0 Å². The summed E-state index contributed by atoms with van der Waals surface area (Å²) in [4.78, 5) is 8.56. The molecule has 0 saturated carbocycles. The van der Waals surface area contributed by atoms with Gasteiger partial charge in [-0.1, -0.05) is 11.8 Å². The van der Waals surface area contributed by atoms with E-state index in [1.165, 1.54) is 23.9 Å². The van der Waals surface area contributed by atoms with Crippen molar-refractivity contribution in [3.63, 3.8) is 0 Å². The molecule has 1 aromatic heterocycles. The zero-order chi connectivity index (χ0) is 12.5. The molecular formula is C10H19N5S2. The van der Waals surface area contributed by atoms with Gasteiger partial charge in [-0.15, -0.1) is 0 Å². The van der Waals surface area contributed by atoms with Gasteiger partial charge in [0.25, 0.3) is 0 Å². The fourth-order valence-electron chi connectivity index (χ4n) is 1.27. The monoisotopic (exact) mass is 273 g/mol. The molecule has 0 aliphatic heterocycles. The predicted molar refractivity (Wildman–Crippen MR) is 77.7 cm³/mol. The molecule has 0 spiro atoms. The Morgan fingerprint density at radius 1 is 1.24 bits per heavy atom. The second-order valence-corrected chi connectivity index (χ2v) is 5.16. The normalized spacial score (nSPS) is 10.3. The standard InChI is InChI=1S/C10H19N5S2/c1-16-6-4-3-5-12-8-7-9(15-11)14-10(13-8)17-2/h7H,3-6,11H2,1-2H3,(H2,12,13,14,15). The van der Waals surface area contributed by atoms with E-state index < -0.39 is 0 Å². The van der Waals surface area contributed by atoms with E-state index in [1.54, 1.807) is 0 Å². The first-order valence-corrected chi connectivity index (χ1v) is 8.04. The van der Waals surface area contributed by atoms with Crippen molar-refractivity contribution in [3.8, 4) is 0 Å². The van der Waals surface area contributed by atoms with Crippen molar-refractivity contribution in [1.29, 1.82) is 0 Å². The number of nitrogen functional groups attached to an aromatic ring is 1. The number of nitrogens with zero attached hydrogens (tertiary/aromatic N) is 2. The van der Waals surface area contributed by atoms with Crippen LogP contribution in [0.25, 0.3) is 0 Å². The van der Waals surface area contributed by atoms with Gasteiger partial charge in [-0.05, 0) is 31.1 Å². The van der Waals surface area contributed by atoms with Crippen LogP contribution in [0.3, 0.4) is 0 Å². The van der Waals surface area contributed by atoms with Crippen LogP contribution >= 0.6 is 23.5 Å². The van der Waals surface area contributed by atoms with Gasteiger partial charge in [0.05, 0.1) is 0 Å². The lowest BCUT2D eigenvalue weighted by molar-refractivity contribution is 0.834. The summed E-state index contributed by atoms with van der Waals surface area (Å²) in [5, 5.41) is 4.00. The molecule has 0 radical (unpaired) electrons. The highest BCUT2D eigenvalue weighted by atomic mass is 32.2. The molecule has 0 aliphatic rings. The Morgan fingerprint density at radius 3 is 2.65 bits per heavy atom. The molecule has 0 aliphatic carbocycles. The number of nitrogens with two attached hydrogens (primary N) is 1. The van der Waals surface area contributed by atoms with E-state index in [-0.39, 0.29) is 0 Å². The Bertz CT molecular complexity index is 312. The highest BCUT2D eigenvalue weighted by Crippen LogP contribution is 2.16. The van der Waals surface area contributed by atoms with E-state index in [4.69, 9.17) is 5.84 Å². The van der Waals surface area contributed by atoms with Crippen molar-refractivity contribution in [3.05, 3.63) is 6.07 Å². The first kappa shape index (κ1) is 14.4. The van der Waals surface area contributed by atoms with Crippen LogP contribution < -0.4 is 16.6 Å². The van der Waals surface area contributed by atoms with Crippen molar-refractivity contribution in [2.75, 3.05) is 35.6 Å². The topological polar surface area (TPSA) is 75.9 Å². The van der Waals surface area contributed by atoms with Crippen LogP contribution in [0.4, 0.5) is 11.6 Å². The second-order valence-electron chi connectivity index (χ2n) is 3.40. The van der Waals surface area contributed by atoms with E-state index in [9.17, 15) is 0 Å². The number of hydrogen-bond acceptors (Lipinski definition) is 7. The average molecular weight is 273 g/mol. The van der Waals surface area contributed by atoms with Gasteiger partial charge in [-0.25, -0.2) is 15.8 Å². The molecule has 7 heteroatoms. The van der Waals surface area contributed by atoms with Crippen LogP contribution in [0, 0.1) is 0 Å². The Morgan fingerprint density at radius 2 is 2.00 bits per heavy atom. The van der Waals surface area contributed by atoms with Gasteiger partial charge in [0, 0.05) is 12.6 Å². The summed E-state index contributed by atoms with van der Waals surface area (Å²) >= 11 is 3.38. The number of anilines is 2. The fourth-order valence-corrected chi connectivity index (χ4v) is 2.14. The van der Waals surface area contributed by atoms with Gasteiger partial charge < -0.3 is 10.7 Å². The number of hydrogen-bond donors (Lipinski definition) is 3. The Labute approximate surface area is 111 Å². The molecule has 96 valence electrons. The van der Waals surface area contributed by atoms with Crippen molar-refractivity contribution in [2.24, 2.45) is 5.84 Å². The molecule has 0 unspecified atom stereocenters. The lowest BCUT2D eigenvalue weighted by Crippen LogP contribution is -2.11. The number of aromatic nitrogens is 2. The molecule has 4 N–H and O–H groups in total. The van der Waals surface area contributed by atoms with Gasteiger partial charge in [0.15, 0.2) is 5.16 Å². The number of nitrogens with one attached hydrogen (secondary N) is 2. The van der Waals surface area contributed by atoms with Crippen molar-refractivity contribution < 1.29 is 0 Å². The lowest BCUT2D eigenvalue weighted by Gasteiger charge is -2.08. The van der Waals surface area contributed by atoms with E-state index in [0.717, 1.165) is 18.8 Å². The second kappa shape index (κ2) is 8.43. The lowest BCUT2D eigenvalue weighted by atomic mass is 10.3. The SMILES string of the molecule is CSCCCCNc1cc(NN)nc(SC)n1. The average Bonchev–Trinajstić information content (AvgIpc) is 2.38. The summed E-state index contributed by atoms with van der Waals surface area (Å²) in [5.74, 6) is 8.02. The molecule has 0 saturated heterocycles. The third kappa shape index (κ3) is 5.47. The van der Waals surface area contributed by atoms with Gasteiger partial charge in [0.1, 0.15) is 11.6 Å². The maximum Gasteiger partial charge on any atom is 0.191 e. The molecule has 0 atom stereocenters. The quantitative estimate of drug-likeness (QED) is 0.220. The summed E-state index contributed by atoms with van der Waals surface area (Å²) in [7, 11) is 0. The third-order valence-corrected chi connectivity index (χ3v) is 3.36. The maximum atomic E-state index is 5.36. The Hall–Kier alpha value is -0.660. The minimum Gasteiger partial charge on any atom is -0.370 e. The van der Waals surface area contributed by atoms with Gasteiger partial charge in [-0.2, -0.15) is 11.8 Å². The molecular weight excluding hydrogens is 254 g/mol. The van der Waals surface area contributed by atoms with Gasteiger partial charge >= 0.3 is 0 Å². The summed E-state index contributed by atoms with van der Waals surface area (Å²) in [6.07, 6.45) is 6.43. The number of rotatable bonds is 8. The predicted octanol–water partition coefficient (Wildman–Crippen LogP) is 2.04. The number of unbranched alkanes of at least 4 members (excludes halogenated alkanes) is 1. The molecule has 17 heavy (non-hydrogen) atoms. The third-order valence-electron chi connectivity index (χ3n) is 2.12. The summed E-state index contributed by atoms with van der Waals surface area (Å²) < 4.78 is 0.